The van der Waals surface area contributed by atoms with Crippen LogP contribution in [0.2, 0.25) is 5.02 Å². The highest BCUT2D eigenvalue weighted by atomic mass is 35.5. The lowest BCUT2D eigenvalue weighted by Gasteiger charge is -2.10. The van der Waals surface area contributed by atoms with Gasteiger partial charge in [0.25, 0.3) is 5.91 Å². The van der Waals surface area contributed by atoms with Gasteiger partial charge in [-0.1, -0.05) is 17.7 Å². The van der Waals surface area contributed by atoms with Crippen LogP contribution in [-0.4, -0.2) is 19.0 Å². The third-order valence-corrected chi connectivity index (χ3v) is 3.51. The molecule has 0 bridgehead atoms. The van der Waals surface area contributed by atoms with Gasteiger partial charge in [-0.15, -0.1) is 0 Å². The van der Waals surface area contributed by atoms with Gasteiger partial charge in [0.05, 0.1) is 23.4 Å². The molecule has 0 aromatic heterocycles. The smallest absolute Gasteiger partial charge is 0.337 e. The summed E-state index contributed by atoms with van der Waals surface area (Å²) >= 11 is 6.04. The first kappa shape index (κ1) is 15.9. The molecule has 0 heterocycles. The molecular weight excluding hydrogens is 304 g/mol. The van der Waals surface area contributed by atoms with E-state index in [0.717, 1.165) is 5.56 Å². The summed E-state index contributed by atoms with van der Waals surface area (Å²) in [7, 11) is 1.28. The summed E-state index contributed by atoms with van der Waals surface area (Å²) in [5.41, 5.74) is 8.25. The van der Waals surface area contributed by atoms with Gasteiger partial charge < -0.3 is 15.8 Å². The Balaban J connectivity index is 2.27. The zero-order valence-electron chi connectivity index (χ0n) is 12.1. The predicted octanol–water partition coefficient (Wildman–Crippen LogP) is 3.27. The molecule has 2 aromatic rings. The number of carbonyl (C=O) groups excluding carboxylic acids is 2. The zero-order valence-corrected chi connectivity index (χ0v) is 12.9. The summed E-state index contributed by atoms with van der Waals surface area (Å²) in [6, 6.07) is 9.52. The number of rotatable bonds is 3. The van der Waals surface area contributed by atoms with Crippen molar-refractivity contribution in [3.8, 4) is 0 Å². The molecule has 2 aromatic carbocycles. The summed E-state index contributed by atoms with van der Waals surface area (Å²) in [5.74, 6) is -0.873. The van der Waals surface area contributed by atoms with Gasteiger partial charge >= 0.3 is 5.97 Å². The quantitative estimate of drug-likeness (QED) is 0.672. The van der Waals surface area contributed by atoms with Crippen LogP contribution in [0.25, 0.3) is 0 Å². The third kappa shape index (κ3) is 3.38. The first-order valence-corrected chi connectivity index (χ1v) is 6.85. The molecule has 0 saturated heterocycles. The molecule has 0 atom stereocenters. The van der Waals surface area contributed by atoms with Gasteiger partial charge in [0.1, 0.15) is 0 Å². The minimum absolute atomic E-state index is 0.297. The van der Waals surface area contributed by atoms with Crippen LogP contribution in [0.15, 0.2) is 36.4 Å². The second-order valence-corrected chi connectivity index (χ2v) is 5.12. The number of benzene rings is 2. The van der Waals surface area contributed by atoms with E-state index in [1.807, 2.05) is 6.92 Å². The van der Waals surface area contributed by atoms with Gasteiger partial charge in [-0.25, -0.2) is 4.79 Å². The molecule has 2 rings (SSSR count). The van der Waals surface area contributed by atoms with Crippen molar-refractivity contribution in [3.05, 3.63) is 58.1 Å². The maximum absolute atomic E-state index is 12.2. The molecule has 0 aliphatic carbocycles. The number of halogens is 1. The minimum atomic E-state index is -0.508. The molecule has 0 radical (unpaired) electrons. The number of hydrogen-bond acceptors (Lipinski definition) is 4. The van der Waals surface area contributed by atoms with Crippen molar-refractivity contribution >= 4 is 34.9 Å². The highest BCUT2D eigenvalue weighted by Gasteiger charge is 2.13. The maximum atomic E-state index is 12.2. The van der Waals surface area contributed by atoms with Crippen LogP contribution in [0.5, 0.6) is 0 Å². The standard InChI is InChI=1S/C16H15ClN2O3/c1-9-3-4-10(7-13(9)18)15(20)19-14-8-11(16(21)22-2)5-6-12(14)17/h3-8H,18H2,1-2H3,(H,19,20). The molecule has 114 valence electrons. The number of nitrogens with one attached hydrogen (secondary N) is 1. The van der Waals surface area contributed by atoms with E-state index in [1.54, 1.807) is 18.2 Å². The van der Waals surface area contributed by atoms with Crippen molar-refractivity contribution in [3.63, 3.8) is 0 Å². The lowest BCUT2D eigenvalue weighted by Crippen LogP contribution is -2.13. The molecule has 0 aliphatic heterocycles. The summed E-state index contributed by atoms with van der Waals surface area (Å²) in [6.45, 7) is 1.85. The molecule has 0 aliphatic rings. The fourth-order valence-electron chi connectivity index (χ4n) is 1.84. The van der Waals surface area contributed by atoms with Crippen LogP contribution in [-0.2, 0) is 4.74 Å². The van der Waals surface area contributed by atoms with Crippen molar-refractivity contribution in [2.75, 3.05) is 18.2 Å². The Bertz CT molecular complexity index is 744. The largest absolute Gasteiger partial charge is 0.465 e. The molecule has 3 N–H and O–H groups in total. The normalized spacial score (nSPS) is 10.1. The minimum Gasteiger partial charge on any atom is -0.465 e. The van der Waals surface area contributed by atoms with Crippen molar-refractivity contribution in [2.45, 2.75) is 6.92 Å². The Morgan fingerprint density at radius 1 is 1.14 bits per heavy atom. The van der Waals surface area contributed by atoms with Crippen LogP contribution in [0.3, 0.4) is 0 Å². The van der Waals surface area contributed by atoms with E-state index in [1.165, 1.54) is 25.3 Å². The Labute approximate surface area is 133 Å². The van der Waals surface area contributed by atoms with E-state index in [9.17, 15) is 9.59 Å². The van der Waals surface area contributed by atoms with Gasteiger partial charge in [-0.3, -0.25) is 4.79 Å². The van der Waals surface area contributed by atoms with Gasteiger partial charge in [0, 0.05) is 11.3 Å². The predicted molar refractivity (Wildman–Crippen MR) is 86.3 cm³/mol. The topological polar surface area (TPSA) is 81.4 Å². The third-order valence-electron chi connectivity index (χ3n) is 3.18. The summed E-state index contributed by atoms with van der Waals surface area (Å²) in [6.07, 6.45) is 0. The van der Waals surface area contributed by atoms with Gasteiger partial charge in [-0.05, 0) is 42.8 Å². The Morgan fingerprint density at radius 3 is 2.45 bits per heavy atom. The van der Waals surface area contributed by atoms with Gasteiger partial charge in [-0.2, -0.15) is 0 Å². The van der Waals surface area contributed by atoms with Crippen LogP contribution < -0.4 is 11.1 Å². The second kappa shape index (κ2) is 6.49. The number of amides is 1. The first-order chi connectivity index (χ1) is 10.4. The number of aryl methyl sites for hydroxylation is 1. The number of esters is 1. The van der Waals surface area contributed by atoms with Crippen molar-refractivity contribution in [2.24, 2.45) is 0 Å². The molecule has 0 spiro atoms. The summed E-state index contributed by atoms with van der Waals surface area (Å²) < 4.78 is 4.64. The average molecular weight is 319 g/mol. The van der Waals surface area contributed by atoms with Crippen molar-refractivity contribution in [1.29, 1.82) is 0 Å². The summed E-state index contributed by atoms with van der Waals surface area (Å²) in [5, 5.41) is 2.98. The van der Waals surface area contributed by atoms with Gasteiger partial charge in [0.15, 0.2) is 0 Å². The van der Waals surface area contributed by atoms with E-state index in [-0.39, 0.29) is 5.91 Å². The van der Waals surface area contributed by atoms with E-state index < -0.39 is 5.97 Å². The Kier molecular flexibility index (Phi) is 4.68. The molecule has 6 heteroatoms. The Hall–Kier alpha value is -2.53. The highest BCUT2D eigenvalue weighted by molar-refractivity contribution is 6.34. The van der Waals surface area contributed by atoms with E-state index in [4.69, 9.17) is 17.3 Å². The fourth-order valence-corrected chi connectivity index (χ4v) is 2.01. The van der Waals surface area contributed by atoms with E-state index in [2.05, 4.69) is 10.1 Å². The first-order valence-electron chi connectivity index (χ1n) is 6.47. The molecule has 22 heavy (non-hydrogen) atoms. The number of nitrogen functional groups attached to an aromatic ring is 1. The van der Waals surface area contributed by atoms with E-state index in [0.29, 0.717) is 27.5 Å². The SMILES string of the molecule is COC(=O)c1ccc(Cl)c(NC(=O)c2ccc(C)c(N)c2)c1. The lowest BCUT2D eigenvalue weighted by atomic mass is 10.1. The number of methoxy groups -OCH3 is 1. The van der Waals surface area contributed by atoms with Crippen LogP contribution in [0, 0.1) is 6.92 Å². The number of carbonyl (C=O) groups is 2. The number of hydrogen-bond donors (Lipinski definition) is 2. The molecule has 0 unspecified atom stereocenters. The monoisotopic (exact) mass is 318 g/mol. The van der Waals surface area contributed by atoms with E-state index >= 15 is 0 Å². The Morgan fingerprint density at radius 2 is 1.82 bits per heavy atom. The number of anilines is 2. The van der Waals surface area contributed by atoms with Crippen LogP contribution in [0.1, 0.15) is 26.3 Å². The molecule has 0 saturated carbocycles. The van der Waals surface area contributed by atoms with Crippen LogP contribution >= 0.6 is 11.6 Å². The fraction of sp³-hybridized carbons (Fsp3) is 0.125. The maximum Gasteiger partial charge on any atom is 0.337 e. The molecule has 1 amide bonds. The summed E-state index contributed by atoms with van der Waals surface area (Å²) in [4.78, 5) is 23.8. The molecular formula is C16H15ClN2O3. The van der Waals surface area contributed by atoms with Crippen molar-refractivity contribution < 1.29 is 14.3 Å². The molecule has 0 fully saturated rings. The van der Waals surface area contributed by atoms with Crippen LogP contribution in [0.4, 0.5) is 11.4 Å². The van der Waals surface area contributed by atoms with Crippen molar-refractivity contribution in [1.82, 2.24) is 0 Å². The second-order valence-electron chi connectivity index (χ2n) is 4.71. The number of nitrogens with two attached hydrogens (primary N) is 1. The highest BCUT2D eigenvalue weighted by Crippen LogP contribution is 2.24. The lowest BCUT2D eigenvalue weighted by molar-refractivity contribution is 0.0600. The average Bonchev–Trinajstić information content (AvgIpc) is 2.51. The number of ether oxygens (including phenoxy) is 1. The zero-order chi connectivity index (χ0) is 16.3. The van der Waals surface area contributed by atoms with Gasteiger partial charge in [0.2, 0.25) is 0 Å². The molecule has 5 nitrogen and oxygen atoms in total.